The minimum atomic E-state index is 0.0277. The second-order valence-electron chi connectivity index (χ2n) is 3.75. The van der Waals surface area contributed by atoms with Gasteiger partial charge in [-0.05, 0) is 26.2 Å². The molecule has 0 aliphatic heterocycles. The Morgan fingerprint density at radius 3 is 2.25 bits per heavy atom. The molecule has 0 rings (SSSR count). The number of rotatable bonds is 5. The summed E-state index contributed by atoms with van der Waals surface area (Å²) < 4.78 is 0. The Morgan fingerprint density at radius 2 is 1.92 bits per heavy atom. The van der Waals surface area contributed by atoms with Crippen molar-refractivity contribution >= 4 is 0 Å². The normalized spacial score (nSPS) is 15.7. The number of nitriles is 1. The molecule has 0 aromatic rings. The molecule has 0 aromatic heterocycles. The molecular weight excluding hydrogens is 148 g/mol. The van der Waals surface area contributed by atoms with E-state index in [2.05, 4.69) is 39.1 Å². The van der Waals surface area contributed by atoms with E-state index in [1.807, 2.05) is 0 Å². The summed E-state index contributed by atoms with van der Waals surface area (Å²) in [6.45, 7) is 8.49. The Labute approximate surface area is 76.0 Å². The Balaban J connectivity index is 3.77. The summed E-state index contributed by atoms with van der Waals surface area (Å²) in [6.07, 6.45) is 2.11. The van der Waals surface area contributed by atoms with Crippen LogP contribution in [0.1, 0.15) is 40.5 Å². The maximum Gasteiger partial charge on any atom is 0.0957 e. The van der Waals surface area contributed by atoms with E-state index in [0.717, 1.165) is 12.8 Å². The molecule has 0 unspecified atom stereocenters. The quantitative estimate of drug-likeness (QED) is 0.683. The van der Waals surface area contributed by atoms with E-state index >= 15 is 0 Å². The van der Waals surface area contributed by atoms with E-state index in [4.69, 9.17) is 5.26 Å². The van der Waals surface area contributed by atoms with Gasteiger partial charge in [-0.1, -0.05) is 20.3 Å². The Bertz CT molecular complexity index is 146. The smallest absolute Gasteiger partial charge is 0.0957 e. The molecule has 0 saturated carbocycles. The molecule has 0 aromatic carbocycles. The number of nitrogens with one attached hydrogen (secondary N) is 1. The largest absolute Gasteiger partial charge is 0.300 e. The Hall–Kier alpha value is -0.550. The van der Waals surface area contributed by atoms with Crippen LogP contribution in [0.5, 0.6) is 0 Å². The first-order valence-corrected chi connectivity index (χ1v) is 4.75. The van der Waals surface area contributed by atoms with Gasteiger partial charge in [0.1, 0.15) is 0 Å². The van der Waals surface area contributed by atoms with E-state index < -0.39 is 0 Å². The number of hydrogen-bond donors (Lipinski definition) is 1. The van der Waals surface area contributed by atoms with E-state index in [1.165, 1.54) is 0 Å². The fourth-order valence-electron chi connectivity index (χ4n) is 1.13. The van der Waals surface area contributed by atoms with Crippen molar-refractivity contribution < 1.29 is 0 Å². The lowest BCUT2D eigenvalue weighted by molar-refractivity contribution is 0.420. The lowest BCUT2D eigenvalue weighted by Crippen LogP contribution is -2.34. The molecule has 0 saturated heterocycles. The first-order valence-electron chi connectivity index (χ1n) is 4.75. The average molecular weight is 168 g/mol. The Morgan fingerprint density at radius 1 is 1.33 bits per heavy atom. The van der Waals surface area contributed by atoms with Gasteiger partial charge in [0.05, 0.1) is 12.1 Å². The van der Waals surface area contributed by atoms with E-state index in [0.29, 0.717) is 12.0 Å². The van der Waals surface area contributed by atoms with Crippen molar-refractivity contribution in [2.45, 2.75) is 52.6 Å². The summed E-state index contributed by atoms with van der Waals surface area (Å²) in [7, 11) is 0. The van der Waals surface area contributed by atoms with Crippen LogP contribution in [0.2, 0.25) is 0 Å². The summed E-state index contributed by atoms with van der Waals surface area (Å²) in [6, 6.07) is 2.72. The lowest BCUT2D eigenvalue weighted by atomic mass is 10.00. The molecule has 2 heteroatoms. The second-order valence-corrected chi connectivity index (χ2v) is 3.75. The average Bonchev–Trinajstić information content (AvgIpc) is 2.02. The molecule has 0 bridgehead atoms. The third kappa shape index (κ3) is 5.15. The van der Waals surface area contributed by atoms with Gasteiger partial charge in [-0.25, -0.2) is 0 Å². The van der Waals surface area contributed by atoms with Crippen molar-refractivity contribution in [3.05, 3.63) is 0 Å². The van der Waals surface area contributed by atoms with Crippen LogP contribution < -0.4 is 5.32 Å². The molecule has 0 aliphatic rings. The highest BCUT2D eigenvalue weighted by molar-refractivity contribution is 4.91. The van der Waals surface area contributed by atoms with Gasteiger partial charge in [-0.2, -0.15) is 5.26 Å². The first-order chi connectivity index (χ1) is 5.60. The van der Waals surface area contributed by atoms with E-state index in [-0.39, 0.29) is 6.04 Å². The van der Waals surface area contributed by atoms with E-state index in [9.17, 15) is 0 Å². The van der Waals surface area contributed by atoms with Crippen LogP contribution in [-0.4, -0.2) is 12.1 Å². The standard InChI is InChI=1S/C10H20N2/c1-5-9(4)6-10(7-11)12-8(2)3/h8-10,12H,5-6H2,1-4H3/t9-,10+/m1/s1. The highest BCUT2D eigenvalue weighted by Gasteiger charge is 2.11. The van der Waals surface area contributed by atoms with Gasteiger partial charge in [0.15, 0.2) is 0 Å². The number of nitrogens with zero attached hydrogens (tertiary/aromatic N) is 1. The molecule has 0 spiro atoms. The highest BCUT2D eigenvalue weighted by Crippen LogP contribution is 2.09. The molecular formula is C10H20N2. The summed E-state index contributed by atoms with van der Waals surface area (Å²) in [4.78, 5) is 0. The predicted molar refractivity (Wildman–Crippen MR) is 51.7 cm³/mol. The van der Waals surface area contributed by atoms with Crippen molar-refractivity contribution in [1.82, 2.24) is 5.32 Å². The van der Waals surface area contributed by atoms with E-state index in [1.54, 1.807) is 0 Å². The summed E-state index contributed by atoms with van der Waals surface area (Å²) in [5.74, 6) is 0.640. The fraction of sp³-hybridized carbons (Fsp3) is 0.900. The third-order valence-corrected chi connectivity index (χ3v) is 2.03. The molecule has 2 nitrogen and oxygen atoms in total. The topological polar surface area (TPSA) is 35.8 Å². The van der Waals surface area contributed by atoms with Crippen molar-refractivity contribution in [3.8, 4) is 6.07 Å². The summed E-state index contributed by atoms with van der Waals surface area (Å²) in [5, 5.41) is 12.0. The van der Waals surface area contributed by atoms with Gasteiger partial charge in [0, 0.05) is 6.04 Å². The van der Waals surface area contributed by atoms with Gasteiger partial charge in [-0.3, -0.25) is 5.32 Å². The molecule has 70 valence electrons. The summed E-state index contributed by atoms with van der Waals surface area (Å²) >= 11 is 0. The minimum Gasteiger partial charge on any atom is -0.300 e. The molecule has 0 fully saturated rings. The molecule has 1 N–H and O–H groups in total. The van der Waals surface area contributed by atoms with Gasteiger partial charge < -0.3 is 0 Å². The number of hydrogen-bond acceptors (Lipinski definition) is 2. The molecule has 0 aliphatic carbocycles. The molecule has 0 amide bonds. The third-order valence-electron chi connectivity index (χ3n) is 2.03. The zero-order chi connectivity index (χ0) is 9.56. The van der Waals surface area contributed by atoms with Crippen molar-refractivity contribution in [3.63, 3.8) is 0 Å². The first kappa shape index (κ1) is 11.4. The van der Waals surface area contributed by atoms with Gasteiger partial charge >= 0.3 is 0 Å². The maximum atomic E-state index is 8.81. The maximum absolute atomic E-state index is 8.81. The van der Waals surface area contributed by atoms with Crippen LogP contribution in [0.4, 0.5) is 0 Å². The molecule has 12 heavy (non-hydrogen) atoms. The Kier molecular flexibility index (Phi) is 5.74. The van der Waals surface area contributed by atoms with Gasteiger partial charge in [-0.15, -0.1) is 0 Å². The zero-order valence-corrected chi connectivity index (χ0v) is 8.59. The molecule has 0 heterocycles. The summed E-state index contributed by atoms with van der Waals surface area (Å²) in [5.41, 5.74) is 0. The van der Waals surface area contributed by atoms with Crippen LogP contribution in [0, 0.1) is 17.2 Å². The second kappa shape index (κ2) is 6.02. The van der Waals surface area contributed by atoms with Crippen LogP contribution in [0.25, 0.3) is 0 Å². The highest BCUT2D eigenvalue weighted by atomic mass is 14.9. The van der Waals surface area contributed by atoms with Crippen molar-refractivity contribution in [2.24, 2.45) is 5.92 Å². The fourth-order valence-corrected chi connectivity index (χ4v) is 1.13. The molecule has 0 radical (unpaired) electrons. The minimum absolute atomic E-state index is 0.0277. The zero-order valence-electron chi connectivity index (χ0n) is 8.59. The lowest BCUT2D eigenvalue weighted by Gasteiger charge is -2.17. The van der Waals surface area contributed by atoms with Crippen LogP contribution >= 0.6 is 0 Å². The van der Waals surface area contributed by atoms with Crippen LogP contribution in [0.15, 0.2) is 0 Å². The van der Waals surface area contributed by atoms with Crippen LogP contribution in [0.3, 0.4) is 0 Å². The van der Waals surface area contributed by atoms with Crippen LogP contribution in [-0.2, 0) is 0 Å². The molecule has 2 atom stereocenters. The van der Waals surface area contributed by atoms with Gasteiger partial charge in [0.2, 0.25) is 0 Å². The SMILES string of the molecule is CC[C@@H](C)C[C@@H](C#N)NC(C)C. The predicted octanol–water partition coefficient (Wildman–Crippen LogP) is 2.31. The van der Waals surface area contributed by atoms with Crippen molar-refractivity contribution in [2.75, 3.05) is 0 Å². The van der Waals surface area contributed by atoms with Gasteiger partial charge in [0.25, 0.3) is 0 Å². The van der Waals surface area contributed by atoms with Crippen molar-refractivity contribution in [1.29, 1.82) is 5.26 Å². The monoisotopic (exact) mass is 168 g/mol.